The number of halogens is 1. The maximum atomic E-state index is 12.9. The van der Waals surface area contributed by atoms with Crippen LogP contribution >= 0.6 is 22.9 Å². The average molecular weight is 458 g/mol. The zero-order valence-corrected chi connectivity index (χ0v) is 19.3. The van der Waals surface area contributed by atoms with Gasteiger partial charge in [0.15, 0.2) is 5.78 Å². The third-order valence-corrected chi connectivity index (χ3v) is 7.12. The van der Waals surface area contributed by atoms with Gasteiger partial charge in [-0.05, 0) is 57.0 Å². The highest BCUT2D eigenvalue weighted by Crippen LogP contribution is 2.45. The monoisotopic (exact) mass is 457 g/mol. The predicted molar refractivity (Wildman–Crippen MR) is 121 cm³/mol. The number of allylic oxidation sites excluding steroid dienone is 3. The zero-order chi connectivity index (χ0) is 22.1. The third kappa shape index (κ3) is 4.27. The molecule has 31 heavy (non-hydrogen) atoms. The SMILES string of the molecule is COC(=O)C1=C(C)NC2=C(C(=O)CCC2)[C@@H]1c1cc(COc2ccc(Cl)cc2)c(C)s1. The van der Waals surface area contributed by atoms with Crippen LogP contribution in [0.4, 0.5) is 0 Å². The van der Waals surface area contributed by atoms with E-state index in [4.69, 9.17) is 21.1 Å². The number of hydrogen-bond donors (Lipinski definition) is 1. The topological polar surface area (TPSA) is 64.6 Å². The molecule has 2 aromatic rings. The quantitative estimate of drug-likeness (QED) is 0.606. The lowest BCUT2D eigenvalue weighted by atomic mass is 9.78. The molecule has 162 valence electrons. The van der Waals surface area contributed by atoms with Crippen LogP contribution in [-0.2, 0) is 20.9 Å². The first kappa shape index (κ1) is 21.7. The Kier molecular flexibility index (Phi) is 6.21. The van der Waals surface area contributed by atoms with Crippen molar-refractivity contribution in [3.8, 4) is 5.75 Å². The van der Waals surface area contributed by atoms with Crippen molar-refractivity contribution in [2.45, 2.75) is 45.6 Å². The summed E-state index contributed by atoms with van der Waals surface area (Å²) in [4.78, 5) is 27.6. The van der Waals surface area contributed by atoms with Crippen LogP contribution in [0.25, 0.3) is 0 Å². The number of carbonyl (C=O) groups excluding carboxylic acids is 2. The second-order valence-electron chi connectivity index (χ2n) is 7.73. The first-order chi connectivity index (χ1) is 14.9. The van der Waals surface area contributed by atoms with Crippen LogP contribution in [0.1, 0.15) is 47.4 Å². The fourth-order valence-electron chi connectivity index (χ4n) is 4.17. The Balaban J connectivity index is 1.69. The molecule has 7 heteroatoms. The van der Waals surface area contributed by atoms with Crippen molar-refractivity contribution in [2.24, 2.45) is 0 Å². The molecule has 5 nitrogen and oxygen atoms in total. The lowest BCUT2D eigenvalue weighted by molar-refractivity contribution is -0.136. The van der Waals surface area contributed by atoms with Gasteiger partial charge in [-0.1, -0.05) is 11.6 Å². The van der Waals surface area contributed by atoms with Gasteiger partial charge in [-0.3, -0.25) is 4.79 Å². The molecule has 0 saturated carbocycles. The Morgan fingerprint density at radius 1 is 1.23 bits per heavy atom. The number of carbonyl (C=O) groups is 2. The number of aryl methyl sites for hydroxylation is 1. The van der Waals surface area contributed by atoms with E-state index >= 15 is 0 Å². The van der Waals surface area contributed by atoms with E-state index in [0.29, 0.717) is 29.2 Å². The van der Waals surface area contributed by atoms with Crippen LogP contribution in [0.2, 0.25) is 5.02 Å². The summed E-state index contributed by atoms with van der Waals surface area (Å²) < 4.78 is 11.0. The summed E-state index contributed by atoms with van der Waals surface area (Å²) in [7, 11) is 1.37. The highest BCUT2D eigenvalue weighted by Gasteiger charge is 2.39. The number of thiophene rings is 1. The summed E-state index contributed by atoms with van der Waals surface area (Å²) >= 11 is 7.53. The van der Waals surface area contributed by atoms with Crippen LogP contribution in [-0.4, -0.2) is 18.9 Å². The normalized spacial score (nSPS) is 18.6. The van der Waals surface area contributed by atoms with E-state index < -0.39 is 11.9 Å². The Morgan fingerprint density at radius 2 is 1.97 bits per heavy atom. The molecule has 0 fully saturated rings. The Morgan fingerprint density at radius 3 is 2.68 bits per heavy atom. The molecular formula is C24H24ClNO4S. The molecule has 1 aliphatic carbocycles. The van der Waals surface area contributed by atoms with E-state index in [1.54, 1.807) is 23.5 Å². The van der Waals surface area contributed by atoms with E-state index in [0.717, 1.165) is 45.3 Å². The summed E-state index contributed by atoms with van der Waals surface area (Å²) in [6.45, 7) is 4.29. The lowest BCUT2D eigenvalue weighted by Crippen LogP contribution is -2.33. The van der Waals surface area contributed by atoms with Gasteiger partial charge in [0.05, 0.1) is 18.6 Å². The number of methoxy groups -OCH3 is 1. The molecule has 2 heterocycles. The van der Waals surface area contributed by atoms with Crippen LogP contribution in [0.15, 0.2) is 52.9 Å². The van der Waals surface area contributed by atoms with Crippen LogP contribution in [0, 0.1) is 6.92 Å². The fourth-order valence-corrected chi connectivity index (χ4v) is 5.45. The van der Waals surface area contributed by atoms with Crippen molar-refractivity contribution in [3.63, 3.8) is 0 Å². The summed E-state index contributed by atoms with van der Waals surface area (Å²) in [5.41, 5.74) is 3.90. The van der Waals surface area contributed by atoms with Crippen LogP contribution in [0.3, 0.4) is 0 Å². The first-order valence-electron chi connectivity index (χ1n) is 10.2. The minimum atomic E-state index is -0.413. The smallest absolute Gasteiger partial charge is 0.336 e. The number of nitrogens with one attached hydrogen (secondary N) is 1. The number of Topliss-reactive ketones (excluding diaryl/α,β-unsaturated/α-hetero) is 1. The van der Waals surface area contributed by atoms with Crippen molar-refractivity contribution in [2.75, 3.05) is 7.11 Å². The first-order valence-corrected chi connectivity index (χ1v) is 11.4. The van der Waals surface area contributed by atoms with Gasteiger partial charge < -0.3 is 14.8 Å². The van der Waals surface area contributed by atoms with Gasteiger partial charge in [-0.2, -0.15) is 0 Å². The van der Waals surface area contributed by atoms with Gasteiger partial charge >= 0.3 is 5.97 Å². The van der Waals surface area contributed by atoms with Gasteiger partial charge in [0, 0.05) is 43.7 Å². The Bertz CT molecular complexity index is 1100. The molecular weight excluding hydrogens is 434 g/mol. The number of rotatable bonds is 5. The molecule has 1 aromatic carbocycles. The summed E-state index contributed by atoms with van der Waals surface area (Å²) in [5, 5.41) is 3.95. The summed E-state index contributed by atoms with van der Waals surface area (Å²) in [5.74, 6) is 0.00366. The molecule has 0 bridgehead atoms. The number of esters is 1. The predicted octanol–water partition coefficient (Wildman–Crippen LogP) is 5.43. The second-order valence-corrected chi connectivity index (χ2v) is 9.45. The number of hydrogen-bond acceptors (Lipinski definition) is 6. The maximum Gasteiger partial charge on any atom is 0.336 e. The lowest BCUT2D eigenvalue weighted by Gasteiger charge is -2.33. The number of benzene rings is 1. The number of ketones is 1. The van der Waals surface area contributed by atoms with Gasteiger partial charge in [0.1, 0.15) is 12.4 Å². The van der Waals surface area contributed by atoms with Gasteiger partial charge in [0.25, 0.3) is 0 Å². The minimum Gasteiger partial charge on any atom is -0.489 e. The molecule has 0 amide bonds. The maximum absolute atomic E-state index is 12.9. The van der Waals surface area contributed by atoms with Crippen LogP contribution < -0.4 is 10.1 Å². The van der Waals surface area contributed by atoms with E-state index in [2.05, 4.69) is 11.4 Å². The largest absolute Gasteiger partial charge is 0.489 e. The van der Waals surface area contributed by atoms with E-state index in [9.17, 15) is 9.59 Å². The molecule has 2 aliphatic rings. The van der Waals surface area contributed by atoms with E-state index in [1.165, 1.54) is 7.11 Å². The van der Waals surface area contributed by atoms with Crippen molar-refractivity contribution >= 4 is 34.7 Å². The summed E-state index contributed by atoms with van der Waals surface area (Å²) in [6.07, 6.45) is 2.13. The van der Waals surface area contributed by atoms with E-state index in [-0.39, 0.29) is 5.78 Å². The third-order valence-electron chi connectivity index (χ3n) is 5.71. The molecule has 1 aliphatic heterocycles. The molecule has 1 atom stereocenters. The Labute approximate surface area is 190 Å². The molecule has 0 radical (unpaired) electrons. The van der Waals surface area contributed by atoms with Gasteiger partial charge in [0.2, 0.25) is 0 Å². The Hall–Kier alpha value is -2.57. The van der Waals surface area contributed by atoms with Crippen molar-refractivity contribution < 1.29 is 19.1 Å². The van der Waals surface area contributed by atoms with Crippen molar-refractivity contribution in [3.05, 3.63) is 73.2 Å². The van der Waals surface area contributed by atoms with Crippen molar-refractivity contribution in [1.82, 2.24) is 5.32 Å². The van der Waals surface area contributed by atoms with Crippen LogP contribution in [0.5, 0.6) is 5.75 Å². The molecule has 1 N–H and O–H groups in total. The van der Waals surface area contributed by atoms with Gasteiger partial charge in [-0.25, -0.2) is 4.79 Å². The number of ether oxygens (including phenoxy) is 2. The van der Waals surface area contributed by atoms with Crippen molar-refractivity contribution in [1.29, 1.82) is 0 Å². The van der Waals surface area contributed by atoms with E-state index in [1.807, 2.05) is 26.0 Å². The van der Waals surface area contributed by atoms with Gasteiger partial charge in [-0.15, -0.1) is 11.3 Å². The second kappa shape index (κ2) is 8.89. The fraction of sp³-hybridized carbons (Fsp3) is 0.333. The molecule has 0 spiro atoms. The molecule has 1 aromatic heterocycles. The molecule has 4 rings (SSSR count). The highest BCUT2D eigenvalue weighted by atomic mass is 35.5. The molecule has 0 saturated heterocycles. The average Bonchev–Trinajstić information content (AvgIpc) is 3.12. The summed E-state index contributed by atoms with van der Waals surface area (Å²) in [6, 6.07) is 9.29. The number of dihydropyridines is 1. The minimum absolute atomic E-state index is 0.0951. The standard InChI is InChI=1S/C24H24ClNO4S/c1-13-21(24(28)29-3)23(22-18(26-13)5-4-6-19(22)27)20-11-15(14(2)31-20)12-30-17-9-7-16(25)8-10-17/h7-11,23,26H,4-6,12H2,1-3H3/t23-/m1/s1. The highest BCUT2D eigenvalue weighted by molar-refractivity contribution is 7.12. The zero-order valence-electron chi connectivity index (χ0n) is 17.7. The molecule has 0 unspecified atom stereocenters.